The molecule has 2 heterocycles. The van der Waals surface area contributed by atoms with Crippen LogP contribution < -0.4 is 19.9 Å². The lowest BCUT2D eigenvalue weighted by atomic mass is 10.1. The Bertz CT molecular complexity index is 1220. The number of anilines is 1. The molecule has 1 fully saturated rings. The minimum atomic E-state index is -0.393. The zero-order valence-corrected chi connectivity index (χ0v) is 18.3. The van der Waals surface area contributed by atoms with Crippen molar-refractivity contribution in [3.63, 3.8) is 0 Å². The number of carbonyl (C=O) groups is 1. The molecule has 1 saturated heterocycles. The summed E-state index contributed by atoms with van der Waals surface area (Å²) < 4.78 is 25.0. The van der Waals surface area contributed by atoms with Crippen LogP contribution in [0.3, 0.4) is 0 Å². The average molecular weight is 440 g/mol. The van der Waals surface area contributed by atoms with E-state index in [1.165, 1.54) is 27.2 Å². The molecule has 0 radical (unpaired) electrons. The number of H-pyrrole nitrogens is 1. The first-order valence-corrected chi connectivity index (χ1v) is 10.3. The first kappa shape index (κ1) is 21.8. The highest BCUT2D eigenvalue weighted by Gasteiger charge is 2.21. The standard InChI is InChI=1S/C23H25FN4O4/c1-14(29)15-4-5-19(17(24)10-15)28-8-6-27(7-9-28)13-22-25-18-12-21(32-3)20(31-2)11-16(18)23(30)26-22/h4-5,10-12H,6-9,13H2,1-3H3,(H,25,26,30). The van der Waals surface area contributed by atoms with Crippen molar-refractivity contribution < 1.29 is 18.7 Å². The Labute approximate surface area is 184 Å². The quantitative estimate of drug-likeness (QED) is 0.590. The zero-order valence-electron chi connectivity index (χ0n) is 18.3. The van der Waals surface area contributed by atoms with Crippen LogP contribution in [-0.4, -0.2) is 61.0 Å². The molecule has 0 bridgehead atoms. The van der Waals surface area contributed by atoms with Crippen molar-refractivity contribution in [3.05, 3.63) is 57.9 Å². The van der Waals surface area contributed by atoms with E-state index >= 15 is 0 Å². The Hall–Kier alpha value is -3.46. The molecule has 1 aliphatic heterocycles. The number of fused-ring (bicyclic) bond motifs is 1. The number of hydrogen-bond acceptors (Lipinski definition) is 7. The molecule has 4 rings (SSSR count). The van der Waals surface area contributed by atoms with Gasteiger partial charge in [0.2, 0.25) is 0 Å². The highest BCUT2D eigenvalue weighted by Crippen LogP contribution is 2.30. The molecule has 2 aromatic carbocycles. The number of benzene rings is 2. The molecule has 8 nitrogen and oxygen atoms in total. The van der Waals surface area contributed by atoms with Gasteiger partial charge in [0.25, 0.3) is 5.56 Å². The molecule has 0 aliphatic carbocycles. The summed E-state index contributed by atoms with van der Waals surface area (Å²) in [6.45, 7) is 4.51. The van der Waals surface area contributed by atoms with E-state index in [0.717, 1.165) is 0 Å². The largest absolute Gasteiger partial charge is 0.493 e. The van der Waals surface area contributed by atoms with Gasteiger partial charge >= 0.3 is 0 Å². The zero-order chi connectivity index (χ0) is 22.8. The lowest BCUT2D eigenvalue weighted by Gasteiger charge is -2.36. The van der Waals surface area contributed by atoms with Gasteiger partial charge in [0, 0.05) is 37.8 Å². The van der Waals surface area contributed by atoms with Crippen LogP contribution in [0, 0.1) is 5.82 Å². The third-order valence-corrected chi connectivity index (χ3v) is 5.70. The van der Waals surface area contributed by atoms with E-state index in [2.05, 4.69) is 14.9 Å². The predicted octanol–water partition coefficient (Wildman–Crippen LogP) is 2.60. The number of ether oxygens (including phenoxy) is 2. The number of carbonyl (C=O) groups excluding carboxylic acids is 1. The van der Waals surface area contributed by atoms with Crippen molar-refractivity contribution in [3.8, 4) is 11.5 Å². The molecule has 0 amide bonds. The van der Waals surface area contributed by atoms with Gasteiger partial charge in [-0.3, -0.25) is 14.5 Å². The minimum absolute atomic E-state index is 0.159. The lowest BCUT2D eigenvalue weighted by Crippen LogP contribution is -2.46. The van der Waals surface area contributed by atoms with E-state index in [0.29, 0.717) is 72.2 Å². The number of aromatic nitrogens is 2. The van der Waals surface area contributed by atoms with Gasteiger partial charge in [-0.1, -0.05) is 0 Å². The fourth-order valence-corrected chi connectivity index (χ4v) is 3.93. The summed E-state index contributed by atoms with van der Waals surface area (Å²) in [6, 6.07) is 7.91. The van der Waals surface area contributed by atoms with Crippen LogP contribution in [0.25, 0.3) is 10.9 Å². The number of hydrogen-bond donors (Lipinski definition) is 1. The molecule has 0 saturated carbocycles. The number of nitrogens with one attached hydrogen (secondary N) is 1. The molecule has 1 aliphatic rings. The van der Waals surface area contributed by atoms with Crippen molar-refractivity contribution >= 4 is 22.4 Å². The summed E-state index contributed by atoms with van der Waals surface area (Å²) in [4.78, 5) is 35.6. The normalized spacial score (nSPS) is 14.6. The minimum Gasteiger partial charge on any atom is -0.493 e. The lowest BCUT2D eigenvalue weighted by molar-refractivity contribution is 0.101. The molecule has 32 heavy (non-hydrogen) atoms. The molecule has 1 N–H and O–H groups in total. The molecule has 9 heteroatoms. The van der Waals surface area contributed by atoms with Gasteiger partial charge in [0.05, 0.1) is 37.4 Å². The van der Waals surface area contributed by atoms with E-state index in [9.17, 15) is 14.0 Å². The van der Waals surface area contributed by atoms with Gasteiger partial charge in [-0.15, -0.1) is 0 Å². The van der Waals surface area contributed by atoms with Gasteiger partial charge in [-0.05, 0) is 31.2 Å². The Balaban J connectivity index is 1.47. The van der Waals surface area contributed by atoms with Crippen LogP contribution in [-0.2, 0) is 6.54 Å². The molecular weight excluding hydrogens is 415 g/mol. The summed E-state index contributed by atoms with van der Waals surface area (Å²) in [5, 5.41) is 0.431. The van der Waals surface area contributed by atoms with Gasteiger partial charge < -0.3 is 19.4 Å². The number of rotatable bonds is 6. The Morgan fingerprint density at radius 1 is 1.09 bits per heavy atom. The number of nitrogens with zero attached hydrogens (tertiary/aromatic N) is 3. The first-order chi connectivity index (χ1) is 15.4. The second-order valence-corrected chi connectivity index (χ2v) is 7.72. The van der Waals surface area contributed by atoms with E-state index in [4.69, 9.17) is 9.47 Å². The SMILES string of the molecule is COc1cc2nc(CN3CCN(c4ccc(C(C)=O)cc4F)CC3)[nH]c(=O)c2cc1OC. The maximum atomic E-state index is 14.5. The molecule has 1 aromatic heterocycles. The maximum Gasteiger partial charge on any atom is 0.258 e. The Kier molecular flexibility index (Phi) is 6.09. The van der Waals surface area contributed by atoms with Crippen molar-refractivity contribution in [2.45, 2.75) is 13.5 Å². The number of ketones is 1. The summed E-state index contributed by atoms with van der Waals surface area (Å²) >= 11 is 0. The highest BCUT2D eigenvalue weighted by atomic mass is 19.1. The second-order valence-electron chi connectivity index (χ2n) is 7.72. The topological polar surface area (TPSA) is 87.8 Å². The number of halogens is 1. The van der Waals surface area contributed by atoms with Crippen molar-refractivity contribution in [1.29, 1.82) is 0 Å². The van der Waals surface area contributed by atoms with Crippen molar-refractivity contribution in [2.75, 3.05) is 45.3 Å². The summed E-state index contributed by atoms with van der Waals surface area (Å²) in [5.41, 5.74) is 1.16. The third-order valence-electron chi connectivity index (χ3n) is 5.70. The monoisotopic (exact) mass is 440 g/mol. The second kappa shape index (κ2) is 8.96. The molecule has 3 aromatic rings. The third kappa shape index (κ3) is 4.29. The van der Waals surface area contributed by atoms with E-state index < -0.39 is 5.82 Å². The first-order valence-electron chi connectivity index (χ1n) is 10.3. The number of piperazine rings is 1. The van der Waals surface area contributed by atoms with Crippen LogP contribution >= 0.6 is 0 Å². The number of Topliss-reactive ketones (excluding diaryl/α,β-unsaturated/α-hetero) is 1. The van der Waals surface area contributed by atoms with E-state index in [1.54, 1.807) is 24.3 Å². The maximum absolute atomic E-state index is 14.5. The van der Waals surface area contributed by atoms with Gasteiger partial charge in [0.1, 0.15) is 11.6 Å². The predicted molar refractivity (Wildman–Crippen MR) is 119 cm³/mol. The van der Waals surface area contributed by atoms with E-state index in [-0.39, 0.29) is 11.3 Å². The summed E-state index contributed by atoms with van der Waals surface area (Å²) in [7, 11) is 3.05. The van der Waals surface area contributed by atoms with Gasteiger partial charge in [0.15, 0.2) is 17.3 Å². The Morgan fingerprint density at radius 2 is 1.78 bits per heavy atom. The molecular formula is C23H25FN4O4. The smallest absolute Gasteiger partial charge is 0.258 e. The summed E-state index contributed by atoms with van der Waals surface area (Å²) in [6.07, 6.45) is 0. The fourth-order valence-electron chi connectivity index (χ4n) is 3.93. The Morgan fingerprint density at radius 3 is 2.41 bits per heavy atom. The van der Waals surface area contributed by atoms with Crippen LogP contribution in [0.5, 0.6) is 11.5 Å². The van der Waals surface area contributed by atoms with Crippen LogP contribution in [0.1, 0.15) is 23.1 Å². The van der Waals surface area contributed by atoms with Crippen molar-refractivity contribution in [2.24, 2.45) is 0 Å². The molecule has 0 unspecified atom stereocenters. The van der Waals surface area contributed by atoms with Crippen LogP contribution in [0.2, 0.25) is 0 Å². The van der Waals surface area contributed by atoms with Crippen molar-refractivity contribution in [1.82, 2.24) is 14.9 Å². The molecule has 168 valence electrons. The summed E-state index contributed by atoms with van der Waals surface area (Å²) in [5.74, 6) is 0.986. The number of aromatic amines is 1. The van der Waals surface area contributed by atoms with Crippen LogP contribution in [0.15, 0.2) is 35.1 Å². The molecule has 0 spiro atoms. The van der Waals surface area contributed by atoms with Crippen LogP contribution in [0.4, 0.5) is 10.1 Å². The fraction of sp³-hybridized carbons (Fsp3) is 0.348. The van der Waals surface area contributed by atoms with E-state index in [1.807, 2.05) is 4.90 Å². The molecule has 0 atom stereocenters. The number of methoxy groups -OCH3 is 2. The average Bonchev–Trinajstić information content (AvgIpc) is 2.78. The van der Waals surface area contributed by atoms with Gasteiger partial charge in [-0.2, -0.15) is 0 Å². The van der Waals surface area contributed by atoms with Gasteiger partial charge in [-0.25, -0.2) is 9.37 Å². The highest BCUT2D eigenvalue weighted by molar-refractivity contribution is 5.94.